The molecular formula is C15H22Cl2N2O. The molecule has 1 aliphatic rings. The Morgan fingerprint density at radius 3 is 2.80 bits per heavy atom. The molecule has 2 unspecified atom stereocenters. The molecular weight excluding hydrogens is 295 g/mol. The highest BCUT2D eigenvalue weighted by atomic mass is 35.5. The Morgan fingerprint density at radius 1 is 1.40 bits per heavy atom. The lowest BCUT2D eigenvalue weighted by Gasteiger charge is -2.33. The van der Waals surface area contributed by atoms with Crippen LogP contribution >= 0.6 is 23.2 Å². The fourth-order valence-corrected chi connectivity index (χ4v) is 3.25. The van der Waals surface area contributed by atoms with Gasteiger partial charge in [0.1, 0.15) is 0 Å². The number of halogens is 2. The van der Waals surface area contributed by atoms with Gasteiger partial charge >= 0.3 is 0 Å². The van der Waals surface area contributed by atoms with Gasteiger partial charge in [0.05, 0.1) is 6.10 Å². The van der Waals surface area contributed by atoms with Crippen LogP contribution in [-0.2, 0) is 4.74 Å². The molecule has 20 heavy (non-hydrogen) atoms. The third-order valence-electron chi connectivity index (χ3n) is 3.84. The van der Waals surface area contributed by atoms with Crippen molar-refractivity contribution in [2.24, 2.45) is 5.73 Å². The highest BCUT2D eigenvalue weighted by Gasteiger charge is 2.23. The lowest BCUT2D eigenvalue weighted by Crippen LogP contribution is -2.38. The first kappa shape index (κ1) is 16.1. The van der Waals surface area contributed by atoms with E-state index in [0.29, 0.717) is 22.7 Å². The van der Waals surface area contributed by atoms with E-state index in [1.54, 1.807) is 6.07 Å². The van der Waals surface area contributed by atoms with E-state index in [0.717, 1.165) is 25.1 Å². The normalized spacial score (nSPS) is 21.1. The molecule has 2 atom stereocenters. The van der Waals surface area contributed by atoms with Gasteiger partial charge in [-0.3, -0.25) is 4.90 Å². The fourth-order valence-electron chi connectivity index (χ4n) is 2.72. The van der Waals surface area contributed by atoms with Crippen LogP contribution in [0.25, 0.3) is 0 Å². The second-order valence-corrected chi connectivity index (χ2v) is 6.19. The van der Waals surface area contributed by atoms with Crippen LogP contribution < -0.4 is 5.73 Å². The average Bonchev–Trinajstić information content (AvgIpc) is 2.43. The SMILES string of the molecule is CN(CC1CCCCO1)C(CN)c1ccc(Cl)cc1Cl. The number of hydrogen-bond donors (Lipinski definition) is 1. The number of nitrogens with two attached hydrogens (primary N) is 1. The molecule has 0 bridgehead atoms. The molecule has 5 heteroatoms. The summed E-state index contributed by atoms with van der Waals surface area (Å²) >= 11 is 12.2. The lowest BCUT2D eigenvalue weighted by molar-refractivity contribution is -0.00777. The van der Waals surface area contributed by atoms with E-state index < -0.39 is 0 Å². The third-order valence-corrected chi connectivity index (χ3v) is 4.40. The topological polar surface area (TPSA) is 38.5 Å². The molecule has 112 valence electrons. The second-order valence-electron chi connectivity index (χ2n) is 5.35. The molecule has 0 amide bonds. The molecule has 0 spiro atoms. The summed E-state index contributed by atoms with van der Waals surface area (Å²) in [5, 5.41) is 1.32. The van der Waals surface area contributed by atoms with Crippen molar-refractivity contribution in [2.45, 2.75) is 31.4 Å². The molecule has 1 saturated heterocycles. The van der Waals surface area contributed by atoms with Crippen molar-refractivity contribution >= 4 is 23.2 Å². The van der Waals surface area contributed by atoms with Gasteiger partial charge in [0, 0.05) is 35.8 Å². The van der Waals surface area contributed by atoms with Gasteiger partial charge in [0.25, 0.3) is 0 Å². The van der Waals surface area contributed by atoms with E-state index in [1.165, 1.54) is 12.8 Å². The number of ether oxygens (including phenoxy) is 1. The molecule has 2 rings (SSSR count). The van der Waals surface area contributed by atoms with Crippen molar-refractivity contribution in [1.29, 1.82) is 0 Å². The Morgan fingerprint density at radius 2 is 2.20 bits per heavy atom. The van der Waals surface area contributed by atoms with Gasteiger partial charge in [0.15, 0.2) is 0 Å². The van der Waals surface area contributed by atoms with Gasteiger partial charge < -0.3 is 10.5 Å². The maximum atomic E-state index is 6.29. The zero-order valence-electron chi connectivity index (χ0n) is 11.8. The molecule has 0 aromatic heterocycles. The summed E-state index contributed by atoms with van der Waals surface area (Å²) in [7, 11) is 2.07. The minimum atomic E-state index is 0.0882. The van der Waals surface area contributed by atoms with Crippen molar-refractivity contribution in [3.63, 3.8) is 0 Å². The lowest BCUT2D eigenvalue weighted by atomic mass is 10.0. The van der Waals surface area contributed by atoms with Crippen LogP contribution in [-0.4, -0.2) is 37.7 Å². The van der Waals surface area contributed by atoms with Crippen molar-refractivity contribution in [3.8, 4) is 0 Å². The number of benzene rings is 1. The fraction of sp³-hybridized carbons (Fsp3) is 0.600. The largest absolute Gasteiger partial charge is 0.377 e. The number of likely N-dealkylation sites (N-methyl/N-ethyl adjacent to an activating group) is 1. The first-order chi connectivity index (χ1) is 9.61. The van der Waals surface area contributed by atoms with Crippen LogP contribution in [0.3, 0.4) is 0 Å². The summed E-state index contributed by atoms with van der Waals surface area (Å²) in [6, 6.07) is 5.67. The number of rotatable bonds is 5. The Kier molecular flexibility index (Phi) is 6.12. The number of hydrogen-bond acceptors (Lipinski definition) is 3. The van der Waals surface area contributed by atoms with E-state index >= 15 is 0 Å². The smallest absolute Gasteiger partial charge is 0.0702 e. The highest BCUT2D eigenvalue weighted by molar-refractivity contribution is 6.35. The van der Waals surface area contributed by atoms with Crippen LogP contribution in [0.5, 0.6) is 0 Å². The summed E-state index contributed by atoms with van der Waals surface area (Å²) in [6.45, 7) is 2.26. The first-order valence-corrected chi connectivity index (χ1v) is 7.84. The maximum Gasteiger partial charge on any atom is 0.0702 e. The summed E-state index contributed by atoms with van der Waals surface area (Å²) in [6.07, 6.45) is 3.83. The van der Waals surface area contributed by atoms with Crippen molar-refractivity contribution < 1.29 is 4.74 Å². The first-order valence-electron chi connectivity index (χ1n) is 7.08. The predicted octanol–water partition coefficient (Wildman–Crippen LogP) is 3.49. The summed E-state index contributed by atoms with van der Waals surface area (Å²) < 4.78 is 5.79. The molecule has 1 aliphatic heterocycles. The van der Waals surface area contributed by atoms with E-state index in [9.17, 15) is 0 Å². The van der Waals surface area contributed by atoms with Crippen molar-refractivity contribution in [1.82, 2.24) is 4.90 Å². The average molecular weight is 317 g/mol. The molecule has 3 nitrogen and oxygen atoms in total. The second kappa shape index (κ2) is 7.62. The minimum absolute atomic E-state index is 0.0882. The van der Waals surface area contributed by atoms with Crippen molar-refractivity contribution in [2.75, 3.05) is 26.7 Å². The zero-order chi connectivity index (χ0) is 14.5. The standard InChI is InChI=1S/C15H22Cl2N2O/c1-19(10-12-4-2-3-7-20-12)15(9-18)13-6-5-11(16)8-14(13)17/h5-6,8,12,15H,2-4,7,9-10,18H2,1H3. The van der Waals surface area contributed by atoms with E-state index in [4.69, 9.17) is 33.7 Å². The Bertz CT molecular complexity index is 436. The Balaban J connectivity index is 2.06. The Hall–Kier alpha value is -0.320. The Labute approximate surface area is 131 Å². The van der Waals surface area contributed by atoms with Crippen LogP contribution in [0.1, 0.15) is 30.9 Å². The molecule has 1 aromatic rings. The van der Waals surface area contributed by atoms with Gasteiger partial charge in [-0.15, -0.1) is 0 Å². The summed E-state index contributed by atoms with van der Waals surface area (Å²) in [4.78, 5) is 2.23. The van der Waals surface area contributed by atoms with Crippen LogP contribution in [0.2, 0.25) is 10.0 Å². The van der Waals surface area contributed by atoms with Gasteiger partial charge in [-0.05, 0) is 44.0 Å². The summed E-state index contributed by atoms with van der Waals surface area (Å²) in [5.74, 6) is 0. The van der Waals surface area contributed by atoms with Crippen LogP contribution in [0.15, 0.2) is 18.2 Å². The molecule has 0 radical (unpaired) electrons. The van der Waals surface area contributed by atoms with Gasteiger partial charge in [-0.25, -0.2) is 0 Å². The quantitative estimate of drug-likeness (QED) is 0.903. The predicted molar refractivity (Wildman–Crippen MR) is 84.5 cm³/mol. The van der Waals surface area contributed by atoms with E-state index in [2.05, 4.69) is 11.9 Å². The highest BCUT2D eigenvalue weighted by Crippen LogP contribution is 2.29. The molecule has 0 saturated carbocycles. The van der Waals surface area contributed by atoms with Gasteiger partial charge in [-0.1, -0.05) is 29.3 Å². The van der Waals surface area contributed by atoms with Crippen LogP contribution in [0, 0.1) is 0 Å². The van der Waals surface area contributed by atoms with Gasteiger partial charge in [-0.2, -0.15) is 0 Å². The van der Waals surface area contributed by atoms with Crippen molar-refractivity contribution in [3.05, 3.63) is 33.8 Å². The monoisotopic (exact) mass is 316 g/mol. The van der Waals surface area contributed by atoms with E-state index in [1.807, 2.05) is 12.1 Å². The third kappa shape index (κ3) is 4.09. The molecule has 0 aliphatic carbocycles. The molecule has 2 N–H and O–H groups in total. The molecule has 1 fully saturated rings. The van der Waals surface area contributed by atoms with E-state index in [-0.39, 0.29) is 6.04 Å². The summed E-state index contributed by atoms with van der Waals surface area (Å²) in [5.41, 5.74) is 6.97. The molecule has 1 heterocycles. The van der Waals surface area contributed by atoms with Gasteiger partial charge in [0.2, 0.25) is 0 Å². The maximum absolute atomic E-state index is 6.29. The van der Waals surface area contributed by atoms with Crippen LogP contribution in [0.4, 0.5) is 0 Å². The molecule has 1 aromatic carbocycles. The zero-order valence-corrected chi connectivity index (χ0v) is 13.3. The number of nitrogens with zero attached hydrogens (tertiary/aromatic N) is 1. The minimum Gasteiger partial charge on any atom is -0.377 e.